The number of carbonyl (C=O) groups is 1. The highest BCUT2D eigenvalue weighted by molar-refractivity contribution is 6.01. The molecule has 36 heavy (non-hydrogen) atoms. The fourth-order valence-corrected chi connectivity index (χ4v) is 3.78. The van der Waals surface area contributed by atoms with Crippen LogP contribution in [0.5, 0.6) is 11.5 Å². The Labute approximate surface area is 213 Å². The molecule has 0 radical (unpaired) electrons. The molecule has 0 saturated heterocycles. The quantitative estimate of drug-likeness (QED) is 0.150. The van der Waals surface area contributed by atoms with Gasteiger partial charge in [-0.05, 0) is 61.1 Å². The number of amides is 1. The molecule has 0 fully saturated rings. The lowest BCUT2D eigenvalue weighted by atomic mass is 10.0. The van der Waals surface area contributed by atoms with Crippen LogP contribution >= 0.6 is 0 Å². The Bertz CT molecular complexity index is 1240. The van der Waals surface area contributed by atoms with Gasteiger partial charge in [0, 0.05) is 12.1 Å². The lowest BCUT2D eigenvalue weighted by Crippen LogP contribution is -2.25. The van der Waals surface area contributed by atoms with E-state index < -0.39 is 5.91 Å². The maximum atomic E-state index is 12.6. The number of hydrogen-bond acceptors (Lipinski definition) is 4. The second kappa shape index (κ2) is 13.6. The predicted molar refractivity (Wildman–Crippen MR) is 144 cm³/mol. The van der Waals surface area contributed by atoms with Crippen molar-refractivity contribution in [2.45, 2.75) is 32.8 Å². The van der Waals surface area contributed by atoms with E-state index in [0.29, 0.717) is 36.6 Å². The first-order valence-electron chi connectivity index (χ1n) is 12.0. The molecule has 0 saturated carbocycles. The number of ether oxygens (including phenoxy) is 2. The predicted octanol–water partition coefficient (Wildman–Crippen LogP) is 5.97. The van der Waals surface area contributed by atoms with Crippen LogP contribution in [-0.4, -0.2) is 19.6 Å². The number of nitriles is 1. The summed E-state index contributed by atoms with van der Waals surface area (Å²) >= 11 is 0. The van der Waals surface area contributed by atoms with Crippen LogP contribution in [0.3, 0.4) is 0 Å². The maximum Gasteiger partial charge on any atom is 0.261 e. The topological polar surface area (TPSA) is 71.4 Å². The Morgan fingerprint density at radius 1 is 1.08 bits per heavy atom. The van der Waals surface area contributed by atoms with Crippen molar-refractivity contribution < 1.29 is 14.3 Å². The zero-order valence-corrected chi connectivity index (χ0v) is 20.9. The average Bonchev–Trinajstić information content (AvgIpc) is 2.90. The van der Waals surface area contributed by atoms with Crippen molar-refractivity contribution in [2.24, 2.45) is 0 Å². The molecule has 1 amide bonds. The summed E-state index contributed by atoms with van der Waals surface area (Å²) in [5.74, 6) is 0.766. The number of aryl methyl sites for hydroxylation is 2. The number of nitrogens with zero attached hydrogens (tertiary/aromatic N) is 1. The van der Waals surface area contributed by atoms with E-state index in [1.165, 1.54) is 11.1 Å². The molecular weight excluding hydrogens is 448 g/mol. The van der Waals surface area contributed by atoms with Gasteiger partial charge in [0.25, 0.3) is 5.91 Å². The molecule has 0 bridgehead atoms. The van der Waals surface area contributed by atoms with Gasteiger partial charge < -0.3 is 14.8 Å². The van der Waals surface area contributed by atoms with Crippen molar-refractivity contribution in [1.29, 1.82) is 5.26 Å². The van der Waals surface area contributed by atoms with Gasteiger partial charge in [-0.2, -0.15) is 5.26 Å². The molecule has 3 rings (SSSR count). The van der Waals surface area contributed by atoms with Crippen molar-refractivity contribution in [3.8, 4) is 17.6 Å². The molecule has 184 valence electrons. The van der Waals surface area contributed by atoms with Gasteiger partial charge in [-0.25, -0.2) is 0 Å². The zero-order chi connectivity index (χ0) is 25.8. The number of carbonyl (C=O) groups excluding carboxylic acids is 1. The molecule has 0 aliphatic heterocycles. The third-order valence-corrected chi connectivity index (χ3v) is 5.69. The maximum absolute atomic E-state index is 12.6. The number of methoxy groups -OCH3 is 1. The minimum absolute atomic E-state index is 0.0367. The van der Waals surface area contributed by atoms with E-state index in [1.807, 2.05) is 61.5 Å². The molecule has 0 spiro atoms. The van der Waals surface area contributed by atoms with Crippen molar-refractivity contribution in [2.75, 3.05) is 13.7 Å². The van der Waals surface area contributed by atoms with Crippen molar-refractivity contribution in [3.05, 3.63) is 113 Å². The van der Waals surface area contributed by atoms with E-state index >= 15 is 0 Å². The normalized spacial score (nSPS) is 10.9. The van der Waals surface area contributed by atoms with Crippen molar-refractivity contribution in [3.63, 3.8) is 0 Å². The first kappa shape index (κ1) is 26.3. The minimum Gasteiger partial charge on any atom is -0.493 e. The molecule has 5 heteroatoms. The summed E-state index contributed by atoms with van der Waals surface area (Å²) in [6.07, 6.45) is 5.56. The molecule has 0 aliphatic carbocycles. The lowest BCUT2D eigenvalue weighted by molar-refractivity contribution is -0.117. The van der Waals surface area contributed by atoms with Crippen LogP contribution in [0.15, 0.2) is 85.0 Å². The molecule has 0 atom stereocenters. The number of allylic oxidation sites excluding steroid dienone is 1. The van der Waals surface area contributed by atoms with Crippen molar-refractivity contribution in [1.82, 2.24) is 5.32 Å². The lowest BCUT2D eigenvalue weighted by Gasteiger charge is -2.16. The van der Waals surface area contributed by atoms with Crippen LogP contribution in [-0.2, 0) is 24.2 Å². The van der Waals surface area contributed by atoms with Gasteiger partial charge in [-0.15, -0.1) is 6.58 Å². The summed E-state index contributed by atoms with van der Waals surface area (Å²) in [5.41, 5.74) is 5.04. The highest BCUT2D eigenvalue weighted by Gasteiger charge is 2.15. The Hall–Kier alpha value is -4.30. The van der Waals surface area contributed by atoms with Crippen molar-refractivity contribution >= 4 is 12.0 Å². The Kier molecular flexibility index (Phi) is 9.90. The van der Waals surface area contributed by atoms with Crippen LogP contribution in [0.1, 0.15) is 34.2 Å². The van der Waals surface area contributed by atoms with Gasteiger partial charge >= 0.3 is 0 Å². The Morgan fingerprint density at radius 2 is 1.83 bits per heavy atom. The molecule has 0 unspecified atom stereocenters. The third kappa shape index (κ3) is 7.61. The fraction of sp³-hybridized carbons (Fsp3) is 0.226. The number of benzene rings is 3. The van der Waals surface area contributed by atoms with Gasteiger partial charge in [0.05, 0.1) is 7.11 Å². The Balaban J connectivity index is 1.73. The summed E-state index contributed by atoms with van der Waals surface area (Å²) in [7, 11) is 1.57. The Morgan fingerprint density at radius 3 is 2.50 bits per heavy atom. The number of rotatable bonds is 12. The first-order valence-corrected chi connectivity index (χ1v) is 12.0. The monoisotopic (exact) mass is 480 g/mol. The summed E-state index contributed by atoms with van der Waals surface area (Å²) in [6, 6.07) is 23.9. The van der Waals surface area contributed by atoms with Crippen LogP contribution in [0, 0.1) is 18.3 Å². The second-order valence-corrected chi connectivity index (χ2v) is 8.49. The number of hydrogen-bond donors (Lipinski definition) is 1. The first-order chi connectivity index (χ1) is 17.5. The molecule has 3 aromatic carbocycles. The second-order valence-electron chi connectivity index (χ2n) is 8.49. The molecule has 3 aromatic rings. The van der Waals surface area contributed by atoms with E-state index in [0.717, 1.165) is 24.0 Å². The molecule has 0 heterocycles. The SMILES string of the molecule is C=CCc1cc(/C=C(/C#N)C(=O)NCCCc2ccccc2)cc(OC)c1OCc1ccc(C)cc1. The largest absolute Gasteiger partial charge is 0.493 e. The summed E-state index contributed by atoms with van der Waals surface area (Å²) in [6.45, 7) is 6.78. The van der Waals surface area contributed by atoms with Gasteiger partial charge in [-0.3, -0.25) is 4.79 Å². The van der Waals surface area contributed by atoms with E-state index in [4.69, 9.17) is 9.47 Å². The van der Waals surface area contributed by atoms with Gasteiger partial charge in [0.15, 0.2) is 11.5 Å². The smallest absolute Gasteiger partial charge is 0.261 e. The van der Waals surface area contributed by atoms with Gasteiger partial charge in [0.1, 0.15) is 18.2 Å². The van der Waals surface area contributed by atoms with Crippen LogP contribution in [0.25, 0.3) is 6.08 Å². The van der Waals surface area contributed by atoms with E-state index in [-0.39, 0.29) is 5.57 Å². The number of nitrogens with one attached hydrogen (secondary N) is 1. The summed E-state index contributed by atoms with van der Waals surface area (Å²) in [5, 5.41) is 12.5. The summed E-state index contributed by atoms with van der Waals surface area (Å²) in [4.78, 5) is 12.6. The van der Waals surface area contributed by atoms with E-state index in [2.05, 4.69) is 24.0 Å². The molecule has 0 aliphatic rings. The molecule has 1 N–H and O–H groups in total. The zero-order valence-electron chi connectivity index (χ0n) is 20.9. The van der Waals surface area contributed by atoms with Gasteiger partial charge in [-0.1, -0.05) is 66.2 Å². The van der Waals surface area contributed by atoms with E-state index in [9.17, 15) is 10.1 Å². The van der Waals surface area contributed by atoms with Crippen LogP contribution in [0.2, 0.25) is 0 Å². The highest BCUT2D eigenvalue weighted by Crippen LogP contribution is 2.35. The summed E-state index contributed by atoms with van der Waals surface area (Å²) < 4.78 is 11.7. The fourth-order valence-electron chi connectivity index (χ4n) is 3.78. The van der Waals surface area contributed by atoms with Crippen LogP contribution in [0.4, 0.5) is 0 Å². The minimum atomic E-state index is -0.394. The standard InChI is InChI=1S/C31H32N2O3/c1-4-9-27-18-26(20-29(35-3)30(27)36-22-25-15-13-23(2)14-16-25)19-28(21-32)31(34)33-17-8-12-24-10-6-5-7-11-24/h4-7,10-11,13-16,18-20H,1,8-9,12,17,22H2,2-3H3,(H,33,34)/b28-19-. The molecule has 0 aromatic heterocycles. The van der Waals surface area contributed by atoms with Crippen LogP contribution < -0.4 is 14.8 Å². The highest BCUT2D eigenvalue weighted by atomic mass is 16.5. The molecular formula is C31H32N2O3. The average molecular weight is 481 g/mol. The van der Waals surface area contributed by atoms with Gasteiger partial charge in [0.2, 0.25) is 0 Å². The van der Waals surface area contributed by atoms with E-state index in [1.54, 1.807) is 25.3 Å². The third-order valence-electron chi connectivity index (χ3n) is 5.69. The molecule has 5 nitrogen and oxygen atoms in total.